The van der Waals surface area contributed by atoms with Gasteiger partial charge in [0.25, 0.3) is 0 Å². The highest BCUT2D eigenvalue weighted by atomic mass is 35.5. The first-order valence-electron chi connectivity index (χ1n) is 6.21. The molecule has 1 unspecified atom stereocenters. The molecule has 1 aliphatic rings. The molecule has 1 heterocycles. The fourth-order valence-corrected chi connectivity index (χ4v) is 3.67. The summed E-state index contributed by atoms with van der Waals surface area (Å²) in [6.45, 7) is 0. The van der Waals surface area contributed by atoms with Crippen LogP contribution in [0.15, 0.2) is 24.3 Å². The number of benzene rings is 1. The molecule has 2 N–H and O–H groups in total. The predicted molar refractivity (Wildman–Crippen MR) is 76.2 cm³/mol. The molecule has 2 nitrogen and oxygen atoms in total. The van der Waals surface area contributed by atoms with E-state index in [1.165, 1.54) is 21.1 Å². The summed E-state index contributed by atoms with van der Waals surface area (Å²) in [4.78, 5) is 6.02. The topological polar surface area (TPSA) is 38.9 Å². The van der Waals surface area contributed by atoms with Crippen molar-refractivity contribution >= 4 is 22.9 Å². The van der Waals surface area contributed by atoms with Gasteiger partial charge in [-0.2, -0.15) is 0 Å². The van der Waals surface area contributed by atoms with Crippen LogP contribution in [0.4, 0.5) is 0 Å². The van der Waals surface area contributed by atoms with Crippen molar-refractivity contribution in [2.24, 2.45) is 5.73 Å². The third-order valence-electron chi connectivity index (χ3n) is 3.31. The molecule has 1 aromatic heterocycles. The average molecular weight is 279 g/mol. The van der Waals surface area contributed by atoms with E-state index in [1.54, 1.807) is 11.3 Å². The second-order valence-corrected chi connectivity index (χ2v) is 6.27. The first-order valence-corrected chi connectivity index (χ1v) is 7.40. The summed E-state index contributed by atoms with van der Waals surface area (Å²) in [5, 5.41) is 1.94. The van der Waals surface area contributed by atoms with Gasteiger partial charge in [-0.1, -0.05) is 23.7 Å². The molecule has 0 bridgehead atoms. The van der Waals surface area contributed by atoms with E-state index in [9.17, 15) is 0 Å². The summed E-state index contributed by atoms with van der Waals surface area (Å²) < 4.78 is 0. The van der Waals surface area contributed by atoms with E-state index in [4.69, 9.17) is 22.3 Å². The molecule has 0 spiro atoms. The predicted octanol–water partition coefficient (Wildman–Crippen LogP) is 3.72. The molecule has 0 saturated heterocycles. The van der Waals surface area contributed by atoms with Gasteiger partial charge < -0.3 is 5.73 Å². The first kappa shape index (κ1) is 12.2. The van der Waals surface area contributed by atoms with Crippen LogP contribution in [0.25, 0.3) is 0 Å². The Morgan fingerprint density at radius 1 is 1.33 bits per heavy atom. The van der Waals surface area contributed by atoms with Crippen molar-refractivity contribution in [2.75, 3.05) is 0 Å². The summed E-state index contributed by atoms with van der Waals surface area (Å²) in [5.41, 5.74) is 8.60. The molecular formula is C14H15ClN2S. The lowest BCUT2D eigenvalue weighted by Crippen LogP contribution is -2.15. The summed E-state index contributed by atoms with van der Waals surface area (Å²) in [6, 6.07) is 8.17. The van der Waals surface area contributed by atoms with Crippen LogP contribution in [0.3, 0.4) is 0 Å². The fraction of sp³-hybridized carbons (Fsp3) is 0.357. The van der Waals surface area contributed by atoms with Crippen molar-refractivity contribution in [1.82, 2.24) is 4.98 Å². The van der Waals surface area contributed by atoms with Crippen molar-refractivity contribution in [2.45, 2.75) is 31.7 Å². The molecule has 0 aliphatic heterocycles. The van der Waals surface area contributed by atoms with Crippen LogP contribution >= 0.6 is 22.9 Å². The van der Waals surface area contributed by atoms with E-state index in [-0.39, 0.29) is 6.04 Å². The van der Waals surface area contributed by atoms with Crippen molar-refractivity contribution < 1.29 is 0 Å². The monoisotopic (exact) mass is 278 g/mol. The first-order chi connectivity index (χ1) is 8.72. The minimum Gasteiger partial charge on any atom is -0.323 e. The maximum Gasteiger partial charge on any atom is 0.0975 e. The van der Waals surface area contributed by atoms with E-state index < -0.39 is 0 Å². The number of fused-ring (bicyclic) bond motifs is 1. The van der Waals surface area contributed by atoms with Crippen LogP contribution < -0.4 is 5.73 Å². The van der Waals surface area contributed by atoms with Gasteiger partial charge in [-0.25, -0.2) is 4.98 Å². The molecule has 0 saturated carbocycles. The van der Waals surface area contributed by atoms with Crippen LogP contribution in [0.1, 0.15) is 40.0 Å². The highest BCUT2D eigenvalue weighted by Gasteiger charge is 2.21. The number of halogens is 1. The zero-order chi connectivity index (χ0) is 12.5. The SMILES string of the molecule is NC1CCCc2nc(Cc3ccc(Cl)cc3)sc21. The number of hydrogen-bond donors (Lipinski definition) is 1. The number of aromatic nitrogens is 1. The van der Waals surface area contributed by atoms with E-state index in [0.717, 1.165) is 30.7 Å². The Hall–Kier alpha value is -0.900. The summed E-state index contributed by atoms with van der Waals surface area (Å²) in [5.74, 6) is 0. The lowest BCUT2D eigenvalue weighted by atomic mass is 9.99. The van der Waals surface area contributed by atoms with Crippen LogP contribution in [-0.2, 0) is 12.8 Å². The van der Waals surface area contributed by atoms with E-state index in [1.807, 2.05) is 12.1 Å². The van der Waals surface area contributed by atoms with Gasteiger partial charge in [0, 0.05) is 22.4 Å². The second kappa shape index (κ2) is 5.00. The lowest BCUT2D eigenvalue weighted by molar-refractivity contribution is 0.573. The van der Waals surface area contributed by atoms with Crippen molar-refractivity contribution in [3.63, 3.8) is 0 Å². The van der Waals surface area contributed by atoms with Gasteiger partial charge in [0.05, 0.1) is 10.7 Å². The number of nitrogens with zero attached hydrogens (tertiary/aromatic N) is 1. The van der Waals surface area contributed by atoms with Gasteiger partial charge in [0.1, 0.15) is 0 Å². The Kier molecular flexibility index (Phi) is 3.37. The normalized spacial score (nSPS) is 18.7. The van der Waals surface area contributed by atoms with Crippen LogP contribution in [-0.4, -0.2) is 4.98 Å². The number of nitrogens with two attached hydrogens (primary N) is 1. The van der Waals surface area contributed by atoms with E-state index in [2.05, 4.69) is 12.1 Å². The van der Waals surface area contributed by atoms with Crippen LogP contribution in [0.2, 0.25) is 5.02 Å². The lowest BCUT2D eigenvalue weighted by Gasteiger charge is -2.15. The zero-order valence-electron chi connectivity index (χ0n) is 10.0. The molecule has 0 fully saturated rings. The van der Waals surface area contributed by atoms with Crippen LogP contribution in [0.5, 0.6) is 0 Å². The molecule has 1 aliphatic carbocycles. The Morgan fingerprint density at radius 3 is 2.83 bits per heavy atom. The van der Waals surface area contributed by atoms with Gasteiger partial charge in [-0.3, -0.25) is 0 Å². The molecule has 0 amide bonds. The highest BCUT2D eigenvalue weighted by Crippen LogP contribution is 2.33. The van der Waals surface area contributed by atoms with E-state index in [0.29, 0.717) is 0 Å². The molecule has 2 aromatic rings. The van der Waals surface area contributed by atoms with Crippen molar-refractivity contribution in [3.8, 4) is 0 Å². The minimum absolute atomic E-state index is 0.199. The van der Waals surface area contributed by atoms with Gasteiger partial charge >= 0.3 is 0 Å². The van der Waals surface area contributed by atoms with Crippen molar-refractivity contribution in [3.05, 3.63) is 50.4 Å². The third kappa shape index (κ3) is 2.44. The minimum atomic E-state index is 0.199. The molecule has 1 atom stereocenters. The van der Waals surface area contributed by atoms with Gasteiger partial charge in [-0.15, -0.1) is 11.3 Å². The summed E-state index contributed by atoms with van der Waals surface area (Å²) in [7, 11) is 0. The molecule has 0 radical (unpaired) electrons. The summed E-state index contributed by atoms with van der Waals surface area (Å²) >= 11 is 7.66. The zero-order valence-corrected chi connectivity index (χ0v) is 11.6. The van der Waals surface area contributed by atoms with Gasteiger partial charge in [0.2, 0.25) is 0 Å². The van der Waals surface area contributed by atoms with Gasteiger partial charge in [-0.05, 0) is 37.0 Å². The number of thiazole rings is 1. The number of hydrogen-bond acceptors (Lipinski definition) is 3. The second-order valence-electron chi connectivity index (χ2n) is 4.72. The standard InChI is InChI=1S/C14H15ClN2S/c15-10-6-4-9(5-7-10)8-13-17-12-3-1-2-11(16)14(12)18-13/h4-7,11H,1-3,8,16H2. The Morgan fingerprint density at radius 2 is 2.11 bits per heavy atom. The van der Waals surface area contributed by atoms with E-state index >= 15 is 0 Å². The molecule has 3 rings (SSSR count). The smallest absolute Gasteiger partial charge is 0.0975 e. The fourth-order valence-electron chi connectivity index (χ4n) is 2.36. The highest BCUT2D eigenvalue weighted by molar-refractivity contribution is 7.11. The Labute approximate surface area is 116 Å². The van der Waals surface area contributed by atoms with Gasteiger partial charge in [0.15, 0.2) is 0 Å². The molecule has 94 valence electrons. The quantitative estimate of drug-likeness (QED) is 0.909. The summed E-state index contributed by atoms with van der Waals surface area (Å²) in [6.07, 6.45) is 4.22. The van der Waals surface area contributed by atoms with Crippen molar-refractivity contribution in [1.29, 1.82) is 0 Å². The molecular weight excluding hydrogens is 264 g/mol. The molecule has 1 aromatic carbocycles. The number of aryl methyl sites for hydroxylation is 1. The maximum atomic E-state index is 6.13. The molecule has 18 heavy (non-hydrogen) atoms. The maximum absolute atomic E-state index is 6.13. The number of rotatable bonds is 2. The Balaban J connectivity index is 1.83. The molecule has 4 heteroatoms. The largest absolute Gasteiger partial charge is 0.323 e. The third-order valence-corrected chi connectivity index (χ3v) is 4.79. The average Bonchev–Trinajstić information content (AvgIpc) is 2.76. The van der Waals surface area contributed by atoms with Crippen LogP contribution in [0, 0.1) is 0 Å². The Bertz CT molecular complexity index is 547.